The van der Waals surface area contributed by atoms with Gasteiger partial charge in [-0.3, -0.25) is 19.2 Å². The van der Waals surface area contributed by atoms with Crippen molar-refractivity contribution >= 4 is 34.6 Å². The summed E-state index contributed by atoms with van der Waals surface area (Å²) in [6, 6.07) is -0.995. The molecule has 0 spiro atoms. The highest BCUT2D eigenvalue weighted by molar-refractivity contribution is 8.13. The molecule has 0 aliphatic heterocycles. The maximum atomic E-state index is 16.9. The van der Waals surface area contributed by atoms with Gasteiger partial charge in [-0.1, -0.05) is 45.5 Å². The molecule has 0 aromatic carbocycles. The molecule has 0 unspecified atom stereocenters. The van der Waals surface area contributed by atoms with Crippen LogP contribution in [0.1, 0.15) is 66.7 Å². The normalized spacial score (nSPS) is 41.1. The van der Waals surface area contributed by atoms with Gasteiger partial charge in [0.2, 0.25) is 5.12 Å². The number of hydrogen-bond donors (Lipinski definition) is 4. The molecule has 0 amide bonds. The van der Waals surface area contributed by atoms with E-state index in [1.54, 1.807) is 27.7 Å². The van der Waals surface area contributed by atoms with Crippen LogP contribution < -0.4 is 0 Å². The molecule has 8 nitrogen and oxygen atoms in total. The third-order valence-electron chi connectivity index (χ3n) is 9.31. The number of carbonyl (C=O) groups excluding carboxylic acids is 2. The quantitative estimate of drug-likeness (QED) is 0.372. The Hall–Kier alpha value is -2.18. The van der Waals surface area contributed by atoms with E-state index in [4.69, 9.17) is 10.2 Å². The first-order valence-electron chi connectivity index (χ1n) is 13.3. The number of thioether (sulfide) groups is 1. The first kappa shape index (κ1) is 34.0. The summed E-state index contributed by atoms with van der Waals surface area (Å²) >= 11 is 0.371. The molecule has 4 rings (SSSR count). The minimum Gasteiger partial charge on any atom is -0.481 e. The fraction of sp³-hybridized carbons (Fsp3) is 0.714. The molecule has 3 fully saturated rings. The molecule has 4 aliphatic rings. The van der Waals surface area contributed by atoms with Gasteiger partial charge in [-0.25, -0.2) is 13.2 Å². The van der Waals surface area contributed by atoms with Gasteiger partial charge in [0.25, 0.3) is 0 Å². The van der Waals surface area contributed by atoms with Crippen molar-refractivity contribution in [3.05, 3.63) is 23.8 Å². The van der Waals surface area contributed by atoms with Crippen LogP contribution in [0.2, 0.25) is 0 Å². The Balaban J connectivity index is 0.000000482. The molecule has 0 heterocycles. The third-order valence-corrected chi connectivity index (χ3v) is 9.99. The van der Waals surface area contributed by atoms with Crippen LogP contribution in [0.15, 0.2) is 23.8 Å². The molecular formula is C28H39F3O8S. The number of carbonyl (C=O) groups is 4. The average molecular weight is 593 g/mol. The number of alkyl halides is 3. The lowest BCUT2D eigenvalue weighted by Gasteiger charge is -2.63. The van der Waals surface area contributed by atoms with Crippen molar-refractivity contribution in [2.45, 2.75) is 90.3 Å². The van der Waals surface area contributed by atoms with Gasteiger partial charge in [0.05, 0.1) is 6.10 Å². The van der Waals surface area contributed by atoms with Crippen LogP contribution in [-0.2, 0) is 19.2 Å². The van der Waals surface area contributed by atoms with Crippen LogP contribution in [0.5, 0.6) is 0 Å². The molecule has 226 valence electrons. The molecule has 4 aliphatic carbocycles. The largest absolute Gasteiger partial charge is 0.481 e. The van der Waals surface area contributed by atoms with Crippen LogP contribution >= 0.6 is 11.8 Å². The molecule has 4 N–H and O–H groups in total. The minimum atomic E-state index is -2.26. The van der Waals surface area contributed by atoms with Crippen molar-refractivity contribution in [2.75, 3.05) is 6.01 Å². The summed E-state index contributed by atoms with van der Waals surface area (Å²) in [5.41, 5.74) is -6.91. The van der Waals surface area contributed by atoms with Crippen LogP contribution in [0.3, 0.4) is 0 Å². The molecule has 9 atom stereocenters. The summed E-state index contributed by atoms with van der Waals surface area (Å²) in [6.07, 6.45) is 0.751. The van der Waals surface area contributed by atoms with E-state index >= 15 is 8.78 Å². The minimum absolute atomic E-state index is 0.0294. The number of fused-ring (bicyclic) bond motifs is 5. The Morgan fingerprint density at radius 2 is 1.60 bits per heavy atom. The fourth-order valence-corrected chi connectivity index (χ4v) is 7.89. The maximum absolute atomic E-state index is 16.9. The first-order valence-corrected chi connectivity index (χ1v) is 14.3. The van der Waals surface area contributed by atoms with Gasteiger partial charge >= 0.3 is 11.9 Å². The lowest BCUT2D eigenvalue weighted by atomic mass is 9.44. The number of halogens is 3. The smallest absolute Gasteiger partial charge is 0.303 e. The summed E-state index contributed by atoms with van der Waals surface area (Å²) in [4.78, 5) is 43.3. The number of ketones is 1. The summed E-state index contributed by atoms with van der Waals surface area (Å²) < 4.78 is 45.1. The van der Waals surface area contributed by atoms with Gasteiger partial charge in [0.1, 0.15) is 17.8 Å². The van der Waals surface area contributed by atoms with Crippen LogP contribution in [-0.4, -0.2) is 72.8 Å². The van der Waals surface area contributed by atoms with Crippen molar-refractivity contribution < 1.29 is 52.8 Å². The van der Waals surface area contributed by atoms with Gasteiger partial charge in [-0.15, -0.1) is 0 Å². The Morgan fingerprint density at radius 1 is 1.07 bits per heavy atom. The van der Waals surface area contributed by atoms with Gasteiger partial charge in [-0.2, -0.15) is 0 Å². The number of hydrogen-bond acceptors (Lipinski definition) is 7. The third kappa shape index (κ3) is 5.38. The highest BCUT2D eigenvalue weighted by Gasteiger charge is 2.76. The lowest BCUT2D eigenvalue weighted by molar-refractivity contribution is -0.221. The van der Waals surface area contributed by atoms with E-state index in [9.17, 15) is 33.8 Å². The second-order valence-electron chi connectivity index (χ2n) is 11.3. The van der Waals surface area contributed by atoms with Crippen LogP contribution in [0, 0.1) is 28.6 Å². The Morgan fingerprint density at radius 3 is 2.08 bits per heavy atom. The van der Waals surface area contributed by atoms with E-state index in [0.29, 0.717) is 11.8 Å². The lowest BCUT2D eigenvalue weighted by Crippen LogP contribution is -2.70. The average Bonchev–Trinajstić information content (AvgIpc) is 3.09. The molecule has 3 saturated carbocycles. The number of aliphatic carboxylic acids is 2. The monoisotopic (exact) mass is 592 g/mol. The summed E-state index contributed by atoms with van der Waals surface area (Å²) in [6.45, 7) is 7.99. The van der Waals surface area contributed by atoms with Gasteiger partial charge < -0.3 is 20.4 Å². The molecule has 0 aromatic heterocycles. The zero-order chi connectivity index (χ0) is 30.8. The van der Waals surface area contributed by atoms with Gasteiger partial charge in [0, 0.05) is 29.6 Å². The van der Waals surface area contributed by atoms with Crippen LogP contribution in [0.4, 0.5) is 13.2 Å². The van der Waals surface area contributed by atoms with E-state index < -0.39 is 81.0 Å². The summed E-state index contributed by atoms with van der Waals surface area (Å²) in [5.74, 6) is -4.06. The van der Waals surface area contributed by atoms with E-state index in [-0.39, 0.29) is 37.7 Å². The summed E-state index contributed by atoms with van der Waals surface area (Å²) in [7, 11) is 0. The SMILES string of the molecule is CCC(=O)O.CCC(=O)O.C[C@@H]1C[C@H]2[C@@H]3C[C@H](F)C4=CC(=O)C=C[C@]4(C)[C@@]3(F)[C@@H](O)C[C@]2(C)[C@@]1(O)C(=O)SCF. The second-order valence-corrected chi connectivity index (χ2v) is 12.2. The Labute approximate surface area is 236 Å². The van der Waals surface area contributed by atoms with Crippen LogP contribution in [0.25, 0.3) is 0 Å². The van der Waals surface area contributed by atoms with E-state index in [1.165, 1.54) is 19.1 Å². The predicted octanol–water partition coefficient (Wildman–Crippen LogP) is 4.43. The molecule has 0 saturated heterocycles. The van der Waals surface area contributed by atoms with E-state index in [2.05, 4.69) is 0 Å². The van der Waals surface area contributed by atoms with Crippen molar-refractivity contribution in [2.24, 2.45) is 28.6 Å². The van der Waals surface area contributed by atoms with Crippen molar-refractivity contribution in [1.82, 2.24) is 0 Å². The number of aliphatic hydroxyl groups excluding tert-OH is 1. The predicted molar refractivity (Wildman–Crippen MR) is 143 cm³/mol. The molecule has 12 heteroatoms. The number of rotatable bonds is 4. The highest BCUT2D eigenvalue weighted by atomic mass is 32.2. The standard InChI is InChI=1S/C22H27F3O4S.2C3H6O2/c1-11-6-13-14-8-16(24)15-7-12(26)4-5-19(15,2)21(14,25)17(27)9-20(13,3)22(11,29)18(28)30-10-23;2*1-2-3(4)5/h4-5,7,11,13-14,16-17,27,29H,6,8-10H2,1-3H3;2*2H2,1H3,(H,4,5)/t11-,13+,14+,16+,17+,19+,20+,21+,22+;;/m1../s1. The van der Waals surface area contributed by atoms with Crippen molar-refractivity contribution in [3.8, 4) is 0 Å². The summed E-state index contributed by atoms with van der Waals surface area (Å²) in [5, 5.41) is 37.3. The van der Waals surface area contributed by atoms with Crippen molar-refractivity contribution in [1.29, 1.82) is 0 Å². The van der Waals surface area contributed by atoms with Gasteiger partial charge in [-0.05, 0) is 55.7 Å². The maximum Gasteiger partial charge on any atom is 0.303 e. The highest BCUT2D eigenvalue weighted by Crippen LogP contribution is 2.71. The molecule has 0 bridgehead atoms. The second kappa shape index (κ2) is 12.4. The van der Waals surface area contributed by atoms with E-state index in [1.807, 2.05) is 0 Å². The van der Waals surface area contributed by atoms with E-state index in [0.717, 1.165) is 6.08 Å². The zero-order valence-electron chi connectivity index (χ0n) is 23.3. The Bertz CT molecular complexity index is 1070. The molecule has 0 radical (unpaired) electrons. The Kier molecular flexibility index (Phi) is 10.5. The number of aliphatic hydroxyl groups is 2. The first-order chi connectivity index (χ1) is 18.4. The fourth-order valence-electron chi connectivity index (χ4n) is 7.13. The van der Waals surface area contributed by atoms with Crippen molar-refractivity contribution in [3.63, 3.8) is 0 Å². The number of carboxylic acid groups (broad SMARTS) is 2. The zero-order valence-corrected chi connectivity index (χ0v) is 24.1. The topological polar surface area (TPSA) is 149 Å². The van der Waals surface area contributed by atoms with Gasteiger partial charge in [0.15, 0.2) is 11.5 Å². The molecule has 0 aromatic rings. The number of carboxylic acids is 2. The number of allylic oxidation sites excluding steroid dienone is 4. The molecule has 40 heavy (non-hydrogen) atoms. The molecular weight excluding hydrogens is 553 g/mol.